The van der Waals surface area contributed by atoms with Gasteiger partial charge in [-0.05, 0) is 61.4 Å². The molecule has 3 N–H and O–H groups in total. The van der Waals surface area contributed by atoms with Crippen LogP contribution in [0.25, 0.3) is 0 Å². The third-order valence-electron chi connectivity index (χ3n) is 5.64. The maximum atomic E-state index is 13.3. The molecule has 2 heterocycles. The van der Waals surface area contributed by atoms with Gasteiger partial charge in [0.2, 0.25) is 15.9 Å². The van der Waals surface area contributed by atoms with Gasteiger partial charge in [-0.1, -0.05) is 18.2 Å². The van der Waals surface area contributed by atoms with Gasteiger partial charge in [0.15, 0.2) is 0 Å². The molecule has 1 aliphatic rings. The minimum absolute atomic E-state index is 0.137. The largest absolute Gasteiger partial charge is 0.323 e. The lowest BCUT2D eigenvalue weighted by atomic mass is 10.1. The van der Waals surface area contributed by atoms with Crippen LogP contribution in [0.1, 0.15) is 38.8 Å². The molecule has 10 nitrogen and oxygen atoms in total. The van der Waals surface area contributed by atoms with E-state index in [-0.39, 0.29) is 35.3 Å². The van der Waals surface area contributed by atoms with Crippen molar-refractivity contribution in [2.24, 2.45) is 0 Å². The van der Waals surface area contributed by atoms with E-state index in [1.807, 2.05) is 13.0 Å². The van der Waals surface area contributed by atoms with Crippen LogP contribution in [0.15, 0.2) is 60.8 Å². The van der Waals surface area contributed by atoms with E-state index < -0.39 is 22.0 Å². The molecule has 2 aromatic carbocycles. The van der Waals surface area contributed by atoms with Gasteiger partial charge in [-0.3, -0.25) is 19.1 Å². The summed E-state index contributed by atoms with van der Waals surface area (Å²) in [6.45, 7) is 3.66. The lowest BCUT2D eigenvalue weighted by Crippen LogP contribution is -2.42. The number of nitrogens with zero attached hydrogens (tertiary/aromatic N) is 2. The lowest BCUT2D eigenvalue weighted by Gasteiger charge is -2.26. The van der Waals surface area contributed by atoms with Crippen molar-refractivity contribution >= 4 is 44.9 Å². The van der Waals surface area contributed by atoms with E-state index in [9.17, 15) is 22.8 Å². The third kappa shape index (κ3) is 5.69. The molecule has 1 atom stereocenters. The zero-order valence-electron chi connectivity index (χ0n) is 19.9. The number of benzene rings is 2. The number of hydrogen-bond donors (Lipinski definition) is 3. The van der Waals surface area contributed by atoms with Crippen molar-refractivity contribution in [3.05, 3.63) is 83.0 Å². The molecule has 1 aromatic heterocycles. The standard InChI is InChI=1S/C25H25N5O5S/c1-15-4-11-22(26-13-15)28-24(32)18-7-5-17(6-8-18)14-30-16(2)23(31)27-21-12-19(29-36(3,34)35)9-10-20(21)25(30)33/h4-13,16,29H,14H2,1-3H3,(H,27,31)(H,26,28,32)/t16-/m1/s1. The monoisotopic (exact) mass is 507 g/mol. The van der Waals surface area contributed by atoms with E-state index >= 15 is 0 Å². The normalized spacial score (nSPS) is 15.5. The number of nitrogens with one attached hydrogen (secondary N) is 3. The van der Waals surface area contributed by atoms with Crippen LogP contribution in [0.2, 0.25) is 0 Å². The number of anilines is 3. The van der Waals surface area contributed by atoms with E-state index in [4.69, 9.17) is 0 Å². The fraction of sp³-hybridized carbons (Fsp3) is 0.200. The molecule has 0 spiro atoms. The van der Waals surface area contributed by atoms with E-state index in [0.717, 1.165) is 17.4 Å². The maximum Gasteiger partial charge on any atom is 0.256 e. The first-order valence-corrected chi connectivity index (χ1v) is 13.0. The highest BCUT2D eigenvalue weighted by Crippen LogP contribution is 2.28. The van der Waals surface area contributed by atoms with Gasteiger partial charge >= 0.3 is 0 Å². The molecule has 1 aliphatic heterocycles. The average Bonchev–Trinajstić information content (AvgIpc) is 2.90. The van der Waals surface area contributed by atoms with E-state index in [1.54, 1.807) is 43.5 Å². The molecule has 0 unspecified atom stereocenters. The summed E-state index contributed by atoms with van der Waals surface area (Å²) >= 11 is 0. The number of hydrogen-bond acceptors (Lipinski definition) is 6. The van der Waals surface area contributed by atoms with Crippen molar-refractivity contribution in [2.75, 3.05) is 21.6 Å². The number of fused-ring (bicyclic) bond motifs is 1. The molecule has 0 saturated heterocycles. The first-order valence-electron chi connectivity index (χ1n) is 11.1. The molecule has 3 amide bonds. The summed E-state index contributed by atoms with van der Waals surface area (Å²) in [5, 5.41) is 5.43. The minimum atomic E-state index is -3.52. The predicted octanol–water partition coefficient (Wildman–Crippen LogP) is 3.00. The van der Waals surface area contributed by atoms with Crippen LogP contribution < -0.4 is 15.4 Å². The second kappa shape index (κ2) is 9.78. The summed E-state index contributed by atoms with van der Waals surface area (Å²) in [6, 6.07) is 13.9. The zero-order chi connectivity index (χ0) is 26.0. The van der Waals surface area contributed by atoms with E-state index in [0.29, 0.717) is 11.4 Å². The van der Waals surface area contributed by atoms with Gasteiger partial charge in [-0.25, -0.2) is 13.4 Å². The topological polar surface area (TPSA) is 138 Å². The zero-order valence-corrected chi connectivity index (χ0v) is 20.7. The fourth-order valence-electron chi connectivity index (χ4n) is 3.72. The molecule has 36 heavy (non-hydrogen) atoms. The third-order valence-corrected chi connectivity index (χ3v) is 6.25. The van der Waals surface area contributed by atoms with Crippen molar-refractivity contribution in [2.45, 2.75) is 26.4 Å². The minimum Gasteiger partial charge on any atom is -0.323 e. The Morgan fingerprint density at radius 1 is 1.08 bits per heavy atom. The summed E-state index contributed by atoms with van der Waals surface area (Å²) in [4.78, 5) is 44.2. The number of carbonyl (C=O) groups excluding carboxylic acids is 3. The first kappa shape index (κ1) is 24.9. The average molecular weight is 508 g/mol. The van der Waals surface area contributed by atoms with Gasteiger partial charge < -0.3 is 15.5 Å². The van der Waals surface area contributed by atoms with Gasteiger partial charge in [0, 0.05) is 18.3 Å². The Morgan fingerprint density at radius 3 is 2.44 bits per heavy atom. The Hall–Kier alpha value is -4.25. The Bertz CT molecular complexity index is 1440. The molecule has 0 fully saturated rings. The first-order chi connectivity index (χ1) is 17.0. The molecular formula is C25H25N5O5S. The molecular weight excluding hydrogens is 482 g/mol. The number of amides is 3. The second-order valence-corrected chi connectivity index (χ2v) is 10.4. The maximum absolute atomic E-state index is 13.3. The number of pyridine rings is 1. The van der Waals surface area contributed by atoms with Crippen LogP contribution in [-0.2, 0) is 21.4 Å². The summed E-state index contributed by atoms with van der Waals surface area (Å²) < 4.78 is 25.4. The number of rotatable bonds is 6. The van der Waals surface area contributed by atoms with Crippen molar-refractivity contribution in [3.63, 3.8) is 0 Å². The van der Waals surface area contributed by atoms with Crippen LogP contribution in [0.5, 0.6) is 0 Å². The highest BCUT2D eigenvalue weighted by Gasteiger charge is 2.32. The molecule has 0 aliphatic carbocycles. The molecule has 0 saturated carbocycles. The van der Waals surface area contributed by atoms with Crippen LogP contribution in [0.3, 0.4) is 0 Å². The van der Waals surface area contributed by atoms with Crippen LogP contribution >= 0.6 is 0 Å². The van der Waals surface area contributed by atoms with Gasteiger partial charge in [0.1, 0.15) is 11.9 Å². The quantitative estimate of drug-likeness (QED) is 0.469. The summed E-state index contributed by atoms with van der Waals surface area (Å²) in [5.74, 6) is -0.656. The van der Waals surface area contributed by atoms with Gasteiger partial charge in [0.05, 0.1) is 23.2 Å². The number of sulfonamides is 1. The number of carbonyl (C=O) groups is 3. The smallest absolute Gasteiger partial charge is 0.256 e. The second-order valence-electron chi connectivity index (χ2n) is 8.60. The lowest BCUT2D eigenvalue weighted by molar-refractivity contribution is -0.120. The fourth-order valence-corrected chi connectivity index (χ4v) is 4.27. The number of aryl methyl sites for hydroxylation is 1. The van der Waals surface area contributed by atoms with Crippen molar-refractivity contribution < 1.29 is 22.8 Å². The molecule has 4 rings (SSSR count). The number of aromatic nitrogens is 1. The summed E-state index contributed by atoms with van der Waals surface area (Å²) in [6.07, 6.45) is 2.68. The molecule has 11 heteroatoms. The Kier molecular flexibility index (Phi) is 6.75. The van der Waals surface area contributed by atoms with Gasteiger partial charge in [0.25, 0.3) is 11.8 Å². The molecule has 0 radical (unpaired) electrons. The van der Waals surface area contributed by atoms with Gasteiger partial charge in [-0.2, -0.15) is 0 Å². The molecule has 186 valence electrons. The van der Waals surface area contributed by atoms with Gasteiger partial charge in [-0.15, -0.1) is 0 Å². The van der Waals surface area contributed by atoms with Crippen LogP contribution in [0, 0.1) is 6.92 Å². The van der Waals surface area contributed by atoms with E-state index in [1.165, 1.54) is 23.1 Å². The van der Waals surface area contributed by atoms with Crippen molar-refractivity contribution in [1.29, 1.82) is 0 Å². The summed E-state index contributed by atoms with van der Waals surface area (Å²) in [5.41, 5.74) is 2.84. The Labute approximate surface area is 208 Å². The Balaban J connectivity index is 1.52. The highest BCUT2D eigenvalue weighted by atomic mass is 32.2. The molecule has 3 aromatic rings. The van der Waals surface area contributed by atoms with Crippen LogP contribution in [-0.4, -0.2) is 48.3 Å². The molecule has 0 bridgehead atoms. The highest BCUT2D eigenvalue weighted by molar-refractivity contribution is 7.92. The Morgan fingerprint density at radius 2 is 1.81 bits per heavy atom. The van der Waals surface area contributed by atoms with Crippen molar-refractivity contribution in [3.8, 4) is 0 Å². The SMILES string of the molecule is Cc1ccc(NC(=O)c2ccc(CN3C(=O)c4ccc(NS(C)(=O)=O)cc4NC(=O)[C@H]3C)cc2)nc1. The van der Waals surface area contributed by atoms with Crippen molar-refractivity contribution in [1.82, 2.24) is 9.88 Å². The summed E-state index contributed by atoms with van der Waals surface area (Å²) in [7, 11) is -3.52. The predicted molar refractivity (Wildman–Crippen MR) is 136 cm³/mol. The van der Waals surface area contributed by atoms with Crippen LogP contribution in [0.4, 0.5) is 17.2 Å². The van der Waals surface area contributed by atoms with E-state index in [2.05, 4.69) is 20.3 Å².